The summed E-state index contributed by atoms with van der Waals surface area (Å²) in [5.41, 5.74) is 2.74. The van der Waals surface area contributed by atoms with E-state index in [1.54, 1.807) is 6.07 Å². The number of nitrogens with one attached hydrogen (secondary N) is 1. The number of anilines is 1. The first-order chi connectivity index (χ1) is 12.8. The van der Waals surface area contributed by atoms with Crippen LogP contribution in [0.15, 0.2) is 48.5 Å². The van der Waals surface area contributed by atoms with Crippen molar-refractivity contribution in [3.63, 3.8) is 0 Å². The van der Waals surface area contributed by atoms with Crippen LogP contribution in [0, 0.1) is 0 Å². The average molecular weight is 364 g/mol. The summed E-state index contributed by atoms with van der Waals surface area (Å²) in [7, 11) is 0. The average Bonchev–Trinajstić information content (AvgIpc) is 2.65. The van der Waals surface area contributed by atoms with Gasteiger partial charge in [-0.25, -0.2) is 9.97 Å². The molecule has 6 heteroatoms. The lowest BCUT2D eigenvalue weighted by Crippen LogP contribution is -2.43. The second-order valence-electron chi connectivity index (χ2n) is 7.44. The van der Waals surface area contributed by atoms with E-state index in [4.69, 9.17) is 0 Å². The maximum absolute atomic E-state index is 11.2. The number of nitrogens with zero attached hydrogens (tertiary/aromatic N) is 2. The minimum absolute atomic E-state index is 0.0400. The van der Waals surface area contributed by atoms with Crippen LogP contribution >= 0.6 is 0 Å². The van der Waals surface area contributed by atoms with Crippen LogP contribution in [0.1, 0.15) is 26.3 Å². The van der Waals surface area contributed by atoms with E-state index in [0.717, 1.165) is 5.56 Å². The molecule has 1 atom stereocenters. The molecule has 1 aromatic heterocycles. The molecule has 2 N–H and O–H groups in total. The van der Waals surface area contributed by atoms with E-state index in [1.165, 1.54) is 5.56 Å². The van der Waals surface area contributed by atoms with Gasteiger partial charge in [0.2, 0.25) is 0 Å². The maximum Gasteiger partial charge on any atom is 0.162 e. The number of aliphatic hydroxyl groups excluding tert-OH is 1. The zero-order valence-electron chi connectivity index (χ0n) is 15.6. The Hall–Kier alpha value is -2.99. The van der Waals surface area contributed by atoms with Crippen molar-refractivity contribution in [2.45, 2.75) is 32.2 Å². The van der Waals surface area contributed by atoms with Crippen molar-refractivity contribution in [3.05, 3.63) is 54.1 Å². The highest BCUT2D eigenvalue weighted by atomic mass is 16.4. The largest absolute Gasteiger partial charge is 0.548 e. The molecule has 0 saturated carbocycles. The van der Waals surface area contributed by atoms with Crippen LogP contribution in [-0.4, -0.2) is 33.7 Å². The molecule has 27 heavy (non-hydrogen) atoms. The molecule has 1 heterocycles. The number of carboxylic acids is 1. The second-order valence-corrected chi connectivity index (χ2v) is 7.44. The first-order valence-corrected chi connectivity index (χ1v) is 8.75. The van der Waals surface area contributed by atoms with Crippen LogP contribution in [0.5, 0.6) is 0 Å². The summed E-state index contributed by atoms with van der Waals surface area (Å²) < 4.78 is 0. The van der Waals surface area contributed by atoms with Gasteiger partial charge in [0.1, 0.15) is 5.82 Å². The monoisotopic (exact) mass is 364 g/mol. The molecule has 0 bridgehead atoms. The molecular weight excluding hydrogens is 342 g/mol. The smallest absolute Gasteiger partial charge is 0.162 e. The highest BCUT2D eigenvalue weighted by molar-refractivity contribution is 5.92. The predicted molar refractivity (Wildman–Crippen MR) is 103 cm³/mol. The van der Waals surface area contributed by atoms with Crippen LogP contribution in [0.3, 0.4) is 0 Å². The lowest BCUT2D eigenvalue weighted by Gasteiger charge is -2.20. The van der Waals surface area contributed by atoms with Crippen molar-refractivity contribution >= 4 is 22.7 Å². The Morgan fingerprint density at radius 1 is 1.11 bits per heavy atom. The van der Waals surface area contributed by atoms with Crippen molar-refractivity contribution in [3.8, 4) is 11.4 Å². The molecule has 3 aromatic rings. The summed E-state index contributed by atoms with van der Waals surface area (Å²) in [6.45, 7) is 5.83. The van der Waals surface area contributed by atoms with Gasteiger partial charge in [-0.3, -0.25) is 0 Å². The molecular formula is C21H22N3O3-. The fraction of sp³-hybridized carbons (Fsp3) is 0.286. The number of benzene rings is 2. The number of hydrogen-bond acceptors (Lipinski definition) is 6. The van der Waals surface area contributed by atoms with Gasteiger partial charge in [0.15, 0.2) is 5.82 Å². The summed E-state index contributed by atoms with van der Waals surface area (Å²) in [4.78, 5) is 20.3. The maximum atomic E-state index is 11.2. The van der Waals surface area contributed by atoms with E-state index in [9.17, 15) is 15.0 Å². The normalized spacial score (nSPS) is 12.7. The summed E-state index contributed by atoms with van der Waals surface area (Å²) in [6.07, 6.45) is 0. The first-order valence-electron chi connectivity index (χ1n) is 8.75. The Morgan fingerprint density at radius 2 is 1.78 bits per heavy atom. The molecule has 6 nitrogen and oxygen atoms in total. The third-order valence-corrected chi connectivity index (χ3v) is 4.39. The number of para-hydroxylation sites is 1. The Labute approximate surface area is 157 Å². The van der Waals surface area contributed by atoms with E-state index in [1.807, 2.05) is 42.5 Å². The third-order valence-electron chi connectivity index (χ3n) is 4.39. The van der Waals surface area contributed by atoms with Gasteiger partial charge in [-0.15, -0.1) is 0 Å². The zero-order valence-corrected chi connectivity index (χ0v) is 15.6. The van der Waals surface area contributed by atoms with Gasteiger partial charge >= 0.3 is 0 Å². The predicted octanol–water partition coefficient (Wildman–Crippen LogP) is 2.12. The Bertz CT molecular complexity index is 963. The standard InChI is InChI=1S/C21H23N3O3/c1-21(2,3)14-10-8-13(9-11-14)18-22-16-7-5-4-6-15(16)19(24-18)23-17(12-25)20(26)27/h4-11,17,25H,12H2,1-3H3,(H,26,27)(H,22,23,24)/p-1/t17-/m0/s1. The molecule has 2 aromatic carbocycles. The van der Waals surface area contributed by atoms with Crippen molar-refractivity contribution < 1.29 is 15.0 Å². The van der Waals surface area contributed by atoms with Crippen LogP contribution in [0.25, 0.3) is 22.3 Å². The molecule has 0 amide bonds. The van der Waals surface area contributed by atoms with Crippen molar-refractivity contribution in [1.29, 1.82) is 0 Å². The minimum Gasteiger partial charge on any atom is -0.548 e. The van der Waals surface area contributed by atoms with E-state index in [0.29, 0.717) is 22.5 Å². The van der Waals surface area contributed by atoms with Gasteiger partial charge in [0, 0.05) is 10.9 Å². The molecule has 140 valence electrons. The van der Waals surface area contributed by atoms with Crippen LogP contribution < -0.4 is 10.4 Å². The fourth-order valence-electron chi connectivity index (χ4n) is 2.78. The Morgan fingerprint density at radius 3 is 2.37 bits per heavy atom. The molecule has 0 spiro atoms. The van der Waals surface area contributed by atoms with Crippen molar-refractivity contribution in [1.82, 2.24) is 9.97 Å². The number of carboxylic acid groups (broad SMARTS) is 1. The van der Waals surface area contributed by atoms with E-state index in [-0.39, 0.29) is 5.41 Å². The van der Waals surface area contributed by atoms with Crippen molar-refractivity contribution in [2.75, 3.05) is 11.9 Å². The molecule has 0 fully saturated rings. The Balaban J connectivity index is 2.07. The number of carbonyl (C=O) groups excluding carboxylic acids is 1. The first kappa shape index (κ1) is 18.8. The van der Waals surface area contributed by atoms with Gasteiger partial charge in [0.05, 0.1) is 24.1 Å². The van der Waals surface area contributed by atoms with Crippen molar-refractivity contribution in [2.24, 2.45) is 0 Å². The lowest BCUT2D eigenvalue weighted by molar-refractivity contribution is -0.307. The molecule has 0 saturated heterocycles. The van der Waals surface area contributed by atoms with Gasteiger partial charge < -0.3 is 20.3 Å². The summed E-state index contributed by atoms with van der Waals surface area (Å²) in [5.74, 6) is -0.568. The molecule has 0 radical (unpaired) electrons. The lowest BCUT2D eigenvalue weighted by atomic mass is 9.87. The van der Waals surface area contributed by atoms with E-state index in [2.05, 4.69) is 36.1 Å². The number of aliphatic hydroxyl groups is 1. The number of fused-ring (bicyclic) bond motifs is 1. The van der Waals surface area contributed by atoms with Crippen LogP contribution in [0.2, 0.25) is 0 Å². The number of rotatable bonds is 5. The summed E-state index contributed by atoms with van der Waals surface area (Å²) >= 11 is 0. The molecule has 0 unspecified atom stereocenters. The van der Waals surface area contributed by atoms with E-state index >= 15 is 0 Å². The van der Waals surface area contributed by atoms with Crippen LogP contribution in [-0.2, 0) is 10.2 Å². The quantitative estimate of drug-likeness (QED) is 0.720. The fourth-order valence-corrected chi connectivity index (χ4v) is 2.78. The van der Waals surface area contributed by atoms with Gasteiger partial charge in [-0.05, 0) is 23.1 Å². The molecule has 0 aliphatic heterocycles. The second kappa shape index (κ2) is 7.32. The topological polar surface area (TPSA) is 98.2 Å². The third kappa shape index (κ3) is 4.06. The molecule has 3 rings (SSSR count). The number of hydrogen-bond donors (Lipinski definition) is 2. The van der Waals surface area contributed by atoms with Gasteiger partial charge in [-0.1, -0.05) is 57.2 Å². The molecule has 0 aliphatic carbocycles. The SMILES string of the molecule is CC(C)(C)c1ccc(-c2nc(N[C@@H](CO)C(=O)[O-])c3ccccc3n2)cc1. The summed E-state index contributed by atoms with van der Waals surface area (Å²) in [6, 6.07) is 14.1. The van der Waals surface area contributed by atoms with Gasteiger partial charge in [0.25, 0.3) is 0 Å². The van der Waals surface area contributed by atoms with Crippen LogP contribution in [0.4, 0.5) is 5.82 Å². The van der Waals surface area contributed by atoms with E-state index < -0.39 is 18.6 Å². The Kier molecular flexibility index (Phi) is 5.10. The zero-order chi connectivity index (χ0) is 19.6. The minimum atomic E-state index is -1.39. The molecule has 0 aliphatic rings. The summed E-state index contributed by atoms with van der Waals surface area (Å²) in [5, 5.41) is 23.9. The number of aliphatic carboxylic acids is 1. The number of carbonyl (C=O) groups is 1. The number of aromatic nitrogens is 2. The van der Waals surface area contributed by atoms with Gasteiger partial charge in [-0.2, -0.15) is 0 Å². The highest BCUT2D eigenvalue weighted by Gasteiger charge is 2.16. The highest BCUT2D eigenvalue weighted by Crippen LogP contribution is 2.28.